The van der Waals surface area contributed by atoms with Crippen LogP contribution in [0, 0.1) is 0 Å². The van der Waals surface area contributed by atoms with Crippen molar-refractivity contribution in [3.05, 3.63) is 71.4 Å². The molecule has 144 valence electrons. The van der Waals surface area contributed by atoms with Gasteiger partial charge in [0, 0.05) is 37.9 Å². The van der Waals surface area contributed by atoms with Gasteiger partial charge in [-0.3, -0.25) is 9.48 Å². The molecule has 1 fully saturated rings. The summed E-state index contributed by atoms with van der Waals surface area (Å²) in [6, 6.07) is 17.8. The normalized spacial score (nSPS) is 14.9. The zero-order valence-corrected chi connectivity index (χ0v) is 16.6. The number of nitrogens with one attached hydrogen (secondary N) is 1. The van der Waals surface area contributed by atoms with Crippen LogP contribution in [0.15, 0.2) is 60.8 Å². The van der Waals surface area contributed by atoms with E-state index in [4.69, 9.17) is 11.6 Å². The molecule has 3 aromatic rings. The first kappa shape index (κ1) is 18.6. The van der Waals surface area contributed by atoms with E-state index in [0.29, 0.717) is 6.04 Å². The Morgan fingerprint density at radius 1 is 1.07 bits per heavy atom. The largest absolute Gasteiger partial charge is 0.381 e. The summed E-state index contributed by atoms with van der Waals surface area (Å²) in [5, 5.41) is 8.42. The highest BCUT2D eigenvalue weighted by molar-refractivity contribution is 6.33. The number of hydrogen-bond donors (Lipinski definition) is 1. The third kappa shape index (κ3) is 3.90. The number of aromatic nitrogens is 2. The first-order valence-corrected chi connectivity index (χ1v) is 9.88. The van der Waals surface area contributed by atoms with Gasteiger partial charge in [-0.1, -0.05) is 35.9 Å². The summed E-state index contributed by atoms with van der Waals surface area (Å²) in [6.07, 6.45) is 3.59. The number of aryl methyl sites for hydroxylation is 1. The minimum atomic E-state index is 0.0905. The summed E-state index contributed by atoms with van der Waals surface area (Å²) < 4.78 is 1.83. The fraction of sp³-hybridized carbons (Fsp3) is 0.273. The molecule has 0 atom stereocenters. The van der Waals surface area contributed by atoms with E-state index in [1.54, 1.807) is 6.20 Å². The Morgan fingerprint density at radius 3 is 2.43 bits per heavy atom. The Morgan fingerprint density at radius 2 is 1.79 bits per heavy atom. The highest BCUT2D eigenvalue weighted by Crippen LogP contribution is 2.25. The molecule has 6 heteroatoms. The van der Waals surface area contributed by atoms with Gasteiger partial charge in [0.15, 0.2) is 0 Å². The smallest absolute Gasteiger partial charge is 0.253 e. The van der Waals surface area contributed by atoms with Crippen molar-refractivity contribution in [2.24, 2.45) is 7.05 Å². The molecular weight excluding hydrogens is 372 g/mol. The lowest BCUT2D eigenvalue weighted by molar-refractivity contribution is 0.0718. The van der Waals surface area contributed by atoms with Gasteiger partial charge in [0.2, 0.25) is 0 Å². The number of piperidine rings is 1. The molecule has 0 unspecified atom stereocenters. The van der Waals surface area contributed by atoms with E-state index in [0.717, 1.165) is 53.5 Å². The van der Waals surface area contributed by atoms with Crippen molar-refractivity contribution in [2.75, 3.05) is 18.4 Å². The van der Waals surface area contributed by atoms with Crippen molar-refractivity contribution in [1.82, 2.24) is 14.7 Å². The Kier molecular flexibility index (Phi) is 5.35. The van der Waals surface area contributed by atoms with E-state index >= 15 is 0 Å². The maximum Gasteiger partial charge on any atom is 0.253 e. The average molecular weight is 395 g/mol. The van der Waals surface area contributed by atoms with E-state index in [1.165, 1.54) is 0 Å². The van der Waals surface area contributed by atoms with Crippen LogP contribution in [0.25, 0.3) is 11.3 Å². The van der Waals surface area contributed by atoms with E-state index in [9.17, 15) is 4.79 Å². The fourth-order valence-electron chi connectivity index (χ4n) is 3.65. The van der Waals surface area contributed by atoms with Crippen LogP contribution in [-0.4, -0.2) is 39.7 Å². The summed E-state index contributed by atoms with van der Waals surface area (Å²) in [4.78, 5) is 14.8. The zero-order chi connectivity index (χ0) is 19.5. The lowest BCUT2D eigenvalue weighted by Gasteiger charge is -2.33. The second-order valence-electron chi connectivity index (χ2n) is 7.11. The third-order valence-corrected chi connectivity index (χ3v) is 5.59. The molecule has 0 spiro atoms. The van der Waals surface area contributed by atoms with Crippen LogP contribution >= 0.6 is 11.6 Å². The number of amides is 1. The van der Waals surface area contributed by atoms with Crippen LogP contribution in [0.2, 0.25) is 5.02 Å². The summed E-state index contributed by atoms with van der Waals surface area (Å²) in [5.74, 6) is 0.0905. The van der Waals surface area contributed by atoms with Gasteiger partial charge >= 0.3 is 0 Å². The molecule has 1 N–H and O–H groups in total. The number of rotatable bonds is 4. The maximum absolute atomic E-state index is 12.9. The number of benzene rings is 2. The van der Waals surface area contributed by atoms with Gasteiger partial charge in [-0.05, 0) is 48.7 Å². The van der Waals surface area contributed by atoms with Gasteiger partial charge in [0.05, 0.1) is 16.4 Å². The van der Waals surface area contributed by atoms with E-state index < -0.39 is 0 Å². The van der Waals surface area contributed by atoms with E-state index in [-0.39, 0.29) is 5.91 Å². The molecule has 0 aliphatic carbocycles. The topological polar surface area (TPSA) is 50.2 Å². The summed E-state index contributed by atoms with van der Waals surface area (Å²) in [7, 11) is 1.91. The number of para-hydroxylation sites is 1. The second-order valence-corrected chi connectivity index (χ2v) is 7.52. The Bertz CT molecular complexity index is 959. The predicted octanol–water partition coefficient (Wildman–Crippen LogP) is 4.46. The van der Waals surface area contributed by atoms with Gasteiger partial charge in [0.25, 0.3) is 5.91 Å². The number of carbonyl (C=O) groups is 1. The quantitative estimate of drug-likeness (QED) is 0.710. The molecule has 28 heavy (non-hydrogen) atoms. The van der Waals surface area contributed by atoms with Crippen LogP contribution < -0.4 is 5.32 Å². The number of nitrogens with zero attached hydrogens (tertiary/aromatic N) is 3. The predicted molar refractivity (Wildman–Crippen MR) is 113 cm³/mol. The molecule has 4 rings (SSSR count). The highest BCUT2D eigenvalue weighted by Gasteiger charge is 2.24. The number of likely N-dealkylation sites (tertiary alicyclic amines) is 1. The molecule has 2 heterocycles. The highest BCUT2D eigenvalue weighted by atomic mass is 35.5. The van der Waals surface area contributed by atoms with Gasteiger partial charge in [0.1, 0.15) is 0 Å². The summed E-state index contributed by atoms with van der Waals surface area (Å²) in [5.41, 5.74) is 3.77. The van der Waals surface area contributed by atoms with Crippen molar-refractivity contribution in [2.45, 2.75) is 18.9 Å². The molecule has 1 aromatic heterocycles. The zero-order valence-electron chi connectivity index (χ0n) is 15.8. The molecule has 2 aromatic carbocycles. The van der Waals surface area contributed by atoms with Crippen LogP contribution in [0.3, 0.4) is 0 Å². The molecular formula is C22H23ClN4O. The molecule has 1 aliphatic heterocycles. The van der Waals surface area contributed by atoms with Crippen molar-refractivity contribution < 1.29 is 4.79 Å². The second kappa shape index (κ2) is 8.07. The standard InChI is InChI=1S/C22H23ClN4O/c1-26-21(10-13-24-26)16-6-8-17(9-7-16)22(28)27-14-11-18(12-15-27)25-20-5-3-2-4-19(20)23/h2-10,13,18,25H,11-12,14-15H2,1H3. The Hall–Kier alpha value is -2.79. The van der Waals surface area contributed by atoms with Crippen molar-refractivity contribution in [3.8, 4) is 11.3 Å². The third-order valence-electron chi connectivity index (χ3n) is 5.26. The first-order valence-electron chi connectivity index (χ1n) is 9.50. The Labute approximate surface area is 169 Å². The lowest BCUT2D eigenvalue weighted by Crippen LogP contribution is -2.42. The molecule has 0 saturated carbocycles. The van der Waals surface area contributed by atoms with Crippen LogP contribution in [0.4, 0.5) is 5.69 Å². The molecule has 1 amide bonds. The molecule has 0 bridgehead atoms. The lowest BCUT2D eigenvalue weighted by atomic mass is 10.0. The number of hydrogen-bond acceptors (Lipinski definition) is 3. The van der Waals surface area contributed by atoms with Gasteiger partial charge in [-0.15, -0.1) is 0 Å². The minimum absolute atomic E-state index is 0.0905. The van der Waals surface area contributed by atoms with Gasteiger partial charge in [-0.2, -0.15) is 5.10 Å². The SMILES string of the molecule is Cn1nccc1-c1ccc(C(=O)N2CCC(Nc3ccccc3Cl)CC2)cc1. The molecule has 5 nitrogen and oxygen atoms in total. The van der Waals surface area contributed by atoms with E-state index in [2.05, 4.69) is 10.4 Å². The number of anilines is 1. The maximum atomic E-state index is 12.9. The summed E-state index contributed by atoms with van der Waals surface area (Å²) >= 11 is 6.23. The van der Waals surface area contributed by atoms with Crippen LogP contribution in [0.1, 0.15) is 23.2 Å². The van der Waals surface area contributed by atoms with Crippen molar-refractivity contribution in [1.29, 1.82) is 0 Å². The Balaban J connectivity index is 1.36. The number of halogens is 1. The van der Waals surface area contributed by atoms with Crippen LogP contribution in [0.5, 0.6) is 0 Å². The summed E-state index contributed by atoms with van der Waals surface area (Å²) in [6.45, 7) is 1.48. The van der Waals surface area contributed by atoms with Gasteiger partial charge in [-0.25, -0.2) is 0 Å². The monoisotopic (exact) mass is 394 g/mol. The average Bonchev–Trinajstić information content (AvgIpc) is 3.16. The molecule has 0 radical (unpaired) electrons. The van der Waals surface area contributed by atoms with Crippen LogP contribution in [-0.2, 0) is 7.05 Å². The fourth-order valence-corrected chi connectivity index (χ4v) is 3.84. The minimum Gasteiger partial charge on any atom is -0.381 e. The van der Waals surface area contributed by atoms with E-state index in [1.807, 2.05) is 71.2 Å². The van der Waals surface area contributed by atoms with Crippen molar-refractivity contribution in [3.63, 3.8) is 0 Å². The molecule has 1 aliphatic rings. The molecule has 1 saturated heterocycles. The van der Waals surface area contributed by atoms with Gasteiger partial charge < -0.3 is 10.2 Å². The number of carbonyl (C=O) groups excluding carboxylic acids is 1. The first-order chi connectivity index (χ1) is 13.6. The van der Waals surface area contributed by atoms with Crippen molar-refractivity contribution >= 4 is 23.2 Å².